The lowest BCUT2D eigenvalue weighted by Gasteiger charge is -2.29. The fraction of sp³-hybridized carbons (Fsp3) is 0.500. The van der Waals surface area contributed by atoms with Gasteiger partial charge in [0, 0.05) is 24.0 Å². The van der Waals surface area contributed by atoms with Crippen molar-refractivity contribution in [2.45, 2.75) is 23.8 Å². The normalized spacial score (nSPS) is 36.0. The highest BCUT2D eigenvalue weighted by molar-refractivity contribution is 9.09. The summed E-state index contributed by atoms with van der Waals surface area (Å²) < 4.78 is 0. The second kappa shape index (κ2) is 4.44. The van der Waals surface area contributed by atoms with Gasteiger partial charge in [0.15, 0.2) is 0 Å². The van der Waals surface area contributed by atoms with Crippen molar-refractivity contribution in [1.82, 2.24) is 4.90 Å². The van der Waals surface area contributed by atoms with Gasteiger partial charge in [-0.3, -0.25) is 4.90 Å². The second-order valence-electron chi connectivity index (χ2n) is 5.08. The van der Waals surface area contributed by atoms with Crippen LogP contribution < -0.4 is 0 Å². The molecule has 2 bridgehead atoms. The van der Waals surface area contributed by atoms with Gasteiger partial charge in [-0.1, -0.05) is 46.3 Å². The molecule has 0 aromatic heterocycles. The minimum Gasteiger partial charge on any atom is -0.293 e. The molecule has 3 heteroatoms. The minimum atomic E-state index is 0.210. The summed E-state index contributed by atoms with van der Waals surface area (Å²) in [6, 6.07) is 13.4. The molecule has 1 aliphatic heterocycles. The van der Waals surface area contributed by atoms with E-state index in [4.69, 9.17) is 0 Å². The summed E-state index contributed by atoms with van der Waals surface area (Å²) in [5.41, 5.74) is 1.34. The van der Waals surface area contributed by atoms with Gasteiger partial charge in [-0.2, -0.15) is 5.26 Å². The first-order valence-electron chi connectivity index (χ1n) is 6.11. The molecule has 0 radical (unpaired) electrons. The molecule has 0 amide bonds. The monoisotopic (exact) mass is 290 g/mol. The number of fused-ring (bicyclic) bond motifs is 2. The van der Waals surface area contributed by atoms with Crippen LogP contribution in [0.4, 0.5) is 0 Å². The maximum absolute atomic E-state index is 9.19. The predicted octanol–water partition coefficient (Wildman–Crippen LogP) is 2.79. The minimum absolute atomic E-state index is 0.210. The molecule has 1 saturated heterocycles. The largest absolute Gasteiger partial charge is 0.293 e. The van der Waals surface area contributed by atoms with Crippen molar-refractivity contribution in [1.29, 1.82) is 5.26 Å². The van der Waals surface area contributed by atoms with Crippen molar-refractivity contribution in [3.8, 4) is 6.07 Å². The Labute approximate surface area is 110 Å². The second-order valence-corrected chi connectivity index (χ2v) is 6.14. The predicted molar refractivity (Wildman–Crippen MR) is 70.6 cm³/mol. The quantitative estimate of drug-likeness (QED) is 0.783. The molecule has 88 valence electrons. The molecule has 1 heterocycles. The number of hydrogen-bond donors (Lipinski definition) is 0. The van der Waals surface area contributed by atoms with Crippen LogP contribution >= 0.6 is 15.9 Å². The Balaban J connectivity index is 1.76. The van der Waals surface area contributed by atoms with Crippen molar-refractivity contribution >= 4 is 15.9 Å². The molecule has 0 spiro atoms. The molecular weight excluding hydrogens is 276 g/mol. The summed E-state index contributed by atoms with van der Waals surface area (Å²) in [6.07, 6.45) is 1.07. The van der Waals surface area contributed by atoms with E-state index < -0.39 is 0 Å². The Morgan fingerprint density at radius 1 is 1.35 bits per heavy atom. The standard InChI is InChI=1S/C14H15BrN2/c15-13-12-6-11(7-16)14(13)17(9-12)8-10-4-2-1-3-5-10/h1-5,11-14H,6,8-9H2/t11?,12-,13?,14-/m1/s1. The zero-order valence-corrected chi connectivity index (χ0v) is 11.2. The number of hydrogen-bond acceptors (Lipinski definition) is 2. The number of halogens is 1. The summed E-state index contributed by atoms with van der Waals surface area (Å²) in [5.74, 6) is 0.871. The SMILES string of the molecule is N#CC1C[C@@H]2CN(Cc3ccccc3)[C@H]1C2Br. The number of rotatable bonds is 2. The highest BCUT2D eigenvalue weighted by atomic mass is 79.9. The zero-order valence-electron chi connectivity index (χ0n) is 9.59. The molecule has 3 rings (SSSR count). The van der Waals surface area contributed by atoms with Crippen LogP contribution in [-0.2, 0) is 6.54 Å². The van der Waals surface area contributed by atoms with Gasteiger partial charge in [0.1, 0.15) is 0 Å². The molecule has 4 atom stereocenters. The van der Waals surface area contributed by atoms with Crippen LogP contribution in [0.25, 0.3) is 0 Å². The van der Waals surface area contributed by atoms with Gasteiger partial charge in [0.05, 0.1) is 12.0 Å². The summed E-state index contributed by atoms with van der Waals surface area (Å²) >= 11 is 3.77. The Kier molecular flexibility index (Phi) is 2.94. The molecule has 2 nitrogen and oxygen atoms in total. The zero-order chi connectivity index (χ0) is 11.8. The molecule has 1 aromatic carbocycles. The average molecular weight is 291 g/mol. The van der Waals surface area contributed by atoms with Crippen LogP contribution in [0.15, 0.2) is 30.3 Å². The first kappa shape index (κ1) is 11.3. The third-order valence-corrected chi connectivity index (χ3v) is 5.32. The molecule has 2 aliphatic rings. The fourth-order valence-corrected chi connectivity index (χ4v) is 4.35. The van der Waals surface area contributed by atoms with Gasteiger partial charge in [-0.05, 0) is 17.9 Å². The number of nitriles is 1. The Morgan fingerprint density at radius 3 is 2.76 bits per heavy atom. The Morgan fingerprint density at radius 2 is 2.12 bits per heavy atom. The maximum Gasteiger partial charge on any atom is 0.0672 e. The number of likely N-dealkylation sites (tertiary alicyclic amines) is 1. The van der Waals surface area contributed by atoms with Gasteiger partial charge in [0.25, 0.3) is 0 Å². The molecule has 1 aliphatic carbocycles. The molecule has 0 N–H and O–H groups in total. The summed E-state index contributed by atoms with van der Waals surface area (Å²) in [5, 5.41) is 9.19. The van der Waals surface area contributed by atoms with Crippen molar-refractivity contribution in [2.24, 2.45) is 11.8 Å². The summed E-state index contributed by atoms with van der Waals surface area (Å²) in [4.78, 5) is 2.98. The smallest absolute Gasteiger partial charge is 0.0672 e. The number of benzene rings is 1. The first-order chi connectivity index (χ1) is 8.29. The van der Waals surface area contributed by atoms with Crippen LogP contribution in [-0.4, -0.2) is 22.3 Å². The van der Waals surface area contributed by atoms with Crippen LogP contribution in [0.1, 0.15) is 12.0 Å². The van der Waals surface area contributed by atoms with E-state index in [1.165, 1.54) is 5.56 Å². The van der Waals surface area contributed by atoms with Gasteiger partial charge < -0.3 is 0 Å². The van der Waals surface area contributed by atoms with E-state index in [0.717, 1.165) is 19.5 Å². The van der Waals surface area contributed by atoms with E-state index in [2.05, 4.69) is 51.2 Å². The third-order valence-electron chi connectivity index (χ3n) is 4.03. The van der Waals surface area contributed by atoms with Crippen LogP contribution in [0.3, 0.4) is 0 Å². The van der Waals surface area contributed by atoms with Crippen LogP contribution in [0.2, 0.25) is 0 Å². The molecule has 1 saturated carbocycles. The molecule has 2 unspecified atom stereocenters. The van der Waals surface area contributed by atoms with Crippen LogP contribution in [0, 0.1) is 23.2 Å². The van der Waals surface area contributed by atoms with E-state index >= 15 is 0 Å². The van der Waals surface area contributed by atoms with E-state index in [-0.39, 0.29) is 5.92 Å². The highest BCUT2D eigenvalue weighted by Gasteiger charge is 2.51. The molecular formula is C14H15BrN2. The van der Waals surface area contributed by atoms with Crippen molar-refractivity contribution < 1.29 is 0 Å². The van der Waals surface area contributed by atoms with Gasteiger partial charge in [-0.15, -0.1) is 0 Å². The van der Waals surface area contributed by atoms with Crippen molar-refractivity contribution in [2.75, 3.05) is 6.54 Å². The average Bonchev–Trinajstić information content (AvgIpc) is 2.83. The van der Waals surface area contributed by atoms with E-state index in [1.54, 1.807) is 0 Å². The lowest BCUT2D eigenvalue weighted by Crippen LogP contribution is -2.38. The lowest BCUT2D eigenvalue weighted by molar-refractivity contribution is 0.176. The van der Waals surface area contributed by atoms with E-state index in [0.29, 0.717) is 16.8 Å². The van der Waals surface area contributed by atoms with E-state index in [1.807, 2.05) is 6.07 Å². The summed E-state index contributed by atoms with van der Waals surface area (Å²) in [6.45, 7) is 2.11. The van der Waals surface area contributed by atoms with Crippen molar-refractivity contribution in [3.63, 3.8) is 0 Å². The molecule has 2 fully saturated rings. The maximum atomic E-state index is 9.19. The van der Waals surface area contributed by atoms with E-state index in [9.17, 15) is 5.26 Å². The first-order valence-corrected chi connectivity index (χ1v) is 7.03. The van der Waals surface area contributed by atoms with Gasteiger partial charge >= 0.3 is 0 Å². The summed E-state index contributed by atoms with van der Waals surface area (Å²) in [7, 11) is 0. The number of piperidine rings is 1. The molecule has 17 heavy (non-hydrogen) atoms. The third kappa shape index (κ3) is 1.90. The van der Waals surface area contributed by atoms with Crippen molar-refractivity contribution in [3.05, 3.63) is 35.9 Å². The number of alkyl halides is 1. The van der Waals surface area contributed by atoms with Gasteiger partial charge in [0.2, 0.25) is 0 Å². The van der Waals surface area contributed by atoms with Crippen LogP contribution in [0.5, 0.6) is 0 Å². The Hall–Kier alpha value is -0.850. The topological polar surface area (TPSA) is 27.0 Å². The lowest BCUT2D eigenvalue weighted by atomic mass is 9.99. The van der Waals surface area contributed by atoms with Gasteiger partial charge in [-0.25, -0.2) is 0 Å². The highest BCUT2D eigenvalue weighted by Crippen LogP contribution is 2.46. The number of nitrogens with zero attached hydrogens (tertiary/aromatic N) is 2. The molecule has 1 aromatic rings. The Bertz CT molecular complexity index is 439. The fourth-order valence-electron chi connectivity index (χ4n) is 3.27.